The molecule has 0 N–H and O–H groups in total. The van der Waals surface area contributed by atoms with E-state index in [1.165, 1.54) is 0 Å². The molecule has 2 nitrogen and oxygen atoms in total. The summed E-state index contributed by atoms with van der Waals surface area (Å²) in [5.74, 6) is 0. The van der Waals surface area contributed by atoms with Crippen molar-refractivity contribution < 1.29 is 0 Å². The minimum Gasteiger partial charge on any atom is -0.193 e. The second-order valence-electron chi connectivity index (χ2n) is 2.58. The lowest BCUT2D eigenvalue weighted by atomic mass is 10.2. The van der Waals surface area contributed by atoms with E-state index in [1.54, 1.807) is 13.8 Å². The highest BCUT2D eigenvalue weighted by atomic mass is 14.2. The third-order valence-corrected chi connectivity index (χ3v) is 1.42. The van der Waals surface area contributed by atoms with Crippen LogP contribution in [0.15, 0.2) is 23.3 Å². The number of hydrogen-bond donors (Lipinski definition) is 0. The van der Waals surface area contributed by atoms with Gasteiger partial charge in [-0.1, -0.05) is 12.2 Å². The maximum Gasteiger partial charge on any atom is 0.0940 e. The molecule has 0 saturated carbocycles. The van der Waals surface area contributed by atoms with Crippen molar-refractivity contribution >= 4 is 0 Å². The summed E-state index contributed by atoms with van der Waals surface area (Å²) < 4.78 is 0. The van der Waals surface area contributed by atoms with Gasteiger partial charge in [0, 0.05) is 11.1 Å². The Morgan fingerprint density at radius 2 is 1.33 bits per heavy atom. The zero-order valence-corrected chi connectivity index (χ0v) is 7.46. The van der Waals surface area contributed by atoms with Crippen LogP contribution in [0.2, 0.25) is 0 Å². The van der Waals surface area contributed by atoms with Crippen molar-refractivity contribution in [3.05, 3.63) is 23.3 Å². The summed E-state index contributed by atoms with van der Waals surface area (Å²) in [5, 5.41) is 16.8. The second-order valence-corrected chi connectivity index (χ2v) is 2.58. The SMILES string of the molecule is C/C(C#N)=C\CC/C=C(\C)C#N. The van der Waals surface area contributed by atoms with Crippen LogP contribution in [-0.4, -0.2) is 0 Å². The molecule has 0 saturated heterocycles. The van der Waals surface area contributed by atoms with Crippen molar-refractivity contribution in [2.45, 2.75) is 26.7 Å². The second kappa shape index (κ2) is 6.19. The van der Waals surface area contributed by atoms with E-state index >= 15 is 0 Å². The van der Waals surface area contributed by atoms with Gasteiger partial charge < -0.3 is 0 Å². The molecule has 0 aromatic heterocycles. The van der Waals surface area contributed by atoms with Crippen LogP contribution in [0.1, 0.15) is 26.7 Å². The van der Waals surface area contributed by atoms with Crippen LogP contribution in [0.3, 0.4) is 0 Å². The van der Waals surface area contributed by atoms with Crippen LogP contribution < -0.4 is 0 Å². The van der Waals surface area contributed by atoms with E-state index in [2.05, 4.69) is 0 Å². The highest BCUT2D eigenvalue weighted by Gasteiger charge is 1.85. The van der Waals surface area contributed by atoms with E-state index in [4.69, 9.17) is 10.5 Å². The molecule has 0 fully saturated rings. The Morgan fingerprint density at radius 3 is 1.58 bits per heavy atom. The van der Waals surface area contributed by atoms with Gasteiger partial charge in [-0.2, -0.15) is 10.5 Å². The summed E-state index contributed by atoms with van der Waals surface area (Å²) in [6.45, 7) is 3.56. The van der Waals surface area contributed by atoms with E-state index < -0.39 is 0 Å². The number of hydrogen-bond acceptors (Lipinski definition) is 2. The molecule has 12 heavy (non-hydrogen) atoms. The smallest absolute Gasteiger partial charge is 0.0940 e. The molecule has 0 aromatic rings. The Kier molecular flexibility index (Phi) is 5.39. The van der Waals surface area contributed by atoms with Crippen molar-refractivity contribution in [1.29, 1.82) is 10.5 Å². The standard InChI is InChI=1S/C10H12N2/c1-9(7-11)5-3-4-6-10(2)8-12/h5-6H,3-4H2,1-2H3/b9-5+,10-6+. The minimum absolute atomic E-state index is 0.734. The van der Waals surface area contributed by atoms with Gasteiger partial charge in [0.15, 0.2) is 0 Å². The summed E-state index contributed by atoms with van der Waals surface area (Å²) in [6.07, 6.45) is 5.42. The van der Waals surface area contributed by atoms with Gasteiger partial charge in [-0.3, -0.25) is 0 Å². The predicted molar refractivity (Wildman–Crippen MR) is 48.0 cm³/mol. The number of unbranched alkanes of at least 4 members (excludes halogenated alkanes) is 1. The molecule has 0 aromatic carbocycles. The molecule has 0 aliphatic rings. The highest BCUT2D eigenvalue weighted by Crippen LogP contribution is 2.00. The van der Waals surface area contributed by atoms with Crippen molar-refractivity contribution in [3.63, 3.8) is 0 Å². The molecule has 0 unspecified atom stereocenters. The van der Waals surface area contributed by atoms with Crippen molar-refractivity contribution in [2.24, 2.45) is 0 Å². The first-order valence-corrected chi connectivity index (χ1v) is 3.84. The number of nitrogens with zero attached hydrogens (tertiary/aromatic N) is 2. The van der Waals surface area contributed by atoms with Gasteiger partial charge in [-0.25, -0.2) is 0 Å². The Hall–Kier alpha value is -1.54. The maximum absolute atomic E-state index is 8.40. The van der Waals surface area contributed by atoms with Gasteiger partial charge in [0.2, 0.25) is 0 Å². The first-order chi connectivity index (χ1) is 5.70. The first-order valence-electron chi connectivity index (χ1n) is 3.84. The van der Waals surface area contributed by atoms with Crippen molar-refractivity contribution in [3.8, 4) is 12.1 Å². The molecule has 0 rings (SSSR count). The van der Waals surface area contributed by atoms with Crippen LogP contribution in [0.5, 0.6) is 0 Å². The van der Waals surface area contributed by atoms with Gasteiger partial charge in [0.25, 0.3) is 0 Å². The lowest BCUT2D eigenvalue weighted by molar-refractivity contribution is 1.03. The number of rotatable bonds is 3. The van der Waals surface area contributed by atoms with E-state index in [1.807, 2.05) is 24.3 Å². The predicted octanol–water partition coefficient (Wildman–Crippen LogP) is 2.71. The summed E-state index contributed by atoms with van der Waals surface area (Å²) in [6, 6.07) is 4.08. The fraction of sp³-hybridized carbons (Fsp3) is 0.400. The average Bonchev–Trinajstić information content (AvgIpc) is 2.11. The third kappa shape index (κ3) is 5.26. The summed E-state index contributed by atoms with van der Waals surface area (Å²) in [4.78, 5) is 0. The van der Waals surface area contributed by atoms with Crippen molar-refractivity contribution in [1.82, 2.24) is 0 Å². The molecule has 2 heteroatoms. The molecule has 0 aliphatic carbocycles. The first kappa shape index (κ1) is 10.5. The van der Waals surface area contributed by atoms with Gasteiger partial charge in [-0.05, 0) is 26.7 Å². The minimum atomic E-state index is 0.734. The fourth-order valence-electron chi connectivity index (χ4n) is 0.691. The van der Waals surface area contributed by atoms with Crippen LogP contribution in [0, 0.1) is 22.7 Å². The van der Waals surface area contributed by atoms with Gasteiger partial charge in [-0.15, -0.1) is 0 Å². The van der Waals surface area contributed by atoms with Crippen LogP contribution in [-0.2, 0) is 0 Å². The zero-order chi connectivity index (χ0) is 9.40. The quantitative estimate of drug-likeness (QED) is 0.470. The lowest BCUT2D eigenvalue weighted by Gasteiger charge is -1.88. The monoisotopic (exact) mass is 160 g/mol. The Morgan fingerprint density at radius 1 is 1.00 bits per heavy atom. The molecule has 0 heterocycles. The number of allylic oxidation sites excluding steroid dienone is 4. The average molecular weight is 160 g/mol. The van der Waals surface area contributed by atoms with Gasteiger partial charge in [0.05, 0.1) is 12.1 Å². The largest absolute Gasteiger partial charge is 0.193 e. The third-order valence-electron chi connectivity index (χ3n) is 1.42. The van der Waals surface area contributed by atoms with Gasteiger partial charge >= 0.3 is 0 Å². The van der Waals surface area contributed by atoms with E-state index in [9.17, 15) is 0 Å². The molecule has 0 aliphatic heterocycles. The maximum atomic E-state index is 8.40. The van der Waals surface area contributed by atoms with Crippen LogP contribution in [0.4, 0.5) is 0 Å². The van der Waals surface area contributed by atoms with Crippen LogP contribution >= 0.6 is 0 Å². The zero-order valence-electron chi connectivity index (χ0n) is 7.46. The Labute approximate surface area is 73.4 Å². The molecule has 62 valence electrons. The number of nitriles is 2. The normalized spacial score (nSPS) is 12.0. The summed E-state index contributed by atoms with van der Waals surface area (Å²) >= 11 is 0. The topological polar surface area (TPSA) is 47.6 Å². The van der Waals surface area contributed by atoms with Crippen LogP contribution in [0.25, 0.3) is 0 Å². The van der Waals surface area contributed by atoms with E-state index in [0.29, 0.717) is 0 Å². The molecule has 0 radical (unpaired) electrons. The molecular formula is C10H12N2. The van der Waals surface area contributed by atoms with E-state index in [0.717, 1.165) is 24.0 Å². The van der Waals surface area contributed by atoms with Gasteiger partial charge in [0.1, 0.15) is 0 Å². The molecule has 0 bridgehead atoms. The fourth-order valence-corrected chi connectivity index (χ4v) is 0.691. The molecule has 0 atom stereocenters. The van der Waals surface area contributed by atoms with E-state index in [-0.39, 0.29) is 0 Å². The summed E-state index contributed by atoms with van der Waals surface area (Å²) in [7, 11) is 0. The summed E-state index contributed by atoms with van der Waals surface area (Å²) in [5.41, 5.74) is 1.47. The molecule has 0 spiro atoms. The molecular weight excluding hydrogens is 148 g/mol. The molecule has 0 amide bonds. The Balaban J connectivity index is 3.76. The Bertz CT molecular complexity index is 241. The lowest BCUT2D eigenvalue weighted by Crippen LogP contribution is -1.72. The highest BCUT2D eigenvalue weighted by molar-refractivity contribution is 5.19. The van der Waals surface area contributed by atoms with Crippen molar-refractivity contribution in [2.75, 3.05) is 0 Å².